The summed E-state index contributed by atoms with van der Waals surface area (Å²) in [7, 11) is 1.34. The lowest BCUT2D eigenvalue weighted by atomic mass is 9.80. The summed E-state index contributed by atoms with van der Waals surface area (Å²) in [6.07, 6.45) is 2.97. The first-order valence-corrected chi connectivity index (χ1v) is 5.58. The van der Waals surface area contributed by atoms with Crippen molar-refractivity contribution in [2.45, 2.75) is 51.3 Å². The maximum absolute atomic E-state index is 11.4. The molecule has 1 rings (SSSR count). The molecule has 0 heterocycles. The second-order valence-electron chi connectivity index (χ2n) is 4.39. The van der Waals surface area contributed by atoms with E-state index in [4.69, 9.17) is 0 Å². The van der Waals surface area contributed by atoms with Crippen LogP contribution in [0.25, 0.3) is 0 Å². The molecule has 0 amide bonds. The molecule has 15 heavy (non-hydrogen) atoms. The van der Waals surface area contributed by atoms with Gasteiger partial charge in [-0.2, -0.15) is 0 Å². The molecule has 3 atom stereocenters. The number of hydrogen-bond acceptors (Lipinski definition) is 4. The molecule has 0 unspecified atom stereocenters. The third-order valence-electron chi connectivity index (χ3n) is 3.24. The largest absolute Gasteiger partial charge is 0.468 e. The molecule has 0 bridgehead atoms. The van der Waals surface area contributed by atoms with Gasteiger partial charge in [0, 0.05) is 6.04 Å². The molecule has 0 spiro atoms. The number of hydrogen-bond donors (Lipinski definition) is 2. The van der Waals surface area contributed by atoms with Crippen LogP contribution >= 0.6 is 0 Å². The highest BCUT2D eigenvalue weighted by atomic mass is 16.5. The van der Waals surface area contributed by atoms with Gasteiger partial charge < -0.3 is 9.84 Å². The van der Waals surface area contributed by atoms with Gasteiger partial charge in [0.1, 0.15) is 6.04 Å². The zero-order valence-corrected chi connectivity index (χ0v) is 9.69. The molecular formula is C11H21NO3. The number of aliphatic hydroxyl groups is 1. The maximum atomic E-state index is 11.4. The summed E-state index contributed by atoms with van der Waals surface area (Å²) < 4.78 is 4.64. The van der Waals surface area contributed by atoms with Crippen LogP contribution in [-0.2, 0) is 9.53 Å². The predicted octanol–water partition coefficient (Wildman–Crippen LogP) is 0.687. The van der Waals surface area contributed by atoms with Gasteiger partial charge in [-0.1, -0.05) is 6.42 Å². The summed E-state index contributed by atoms with van der Waals surface area (Å²) in [6, 6.07) is -0.344. The molecule has 0 aromatic carbocycles. The Morgan fingerprint density at radius 3 is 2.40 bits per heavy atom. The van der Waals surface area contributed by atoms with Gasteiger partial charge in [-0.25, -0.2) is 0 Å². The van der Waals surface area contributed by atoms with Crippen molar-refractivity contribution in [1.29, 1.82) is 0 Å². The minimum atomic E-state index is -0.722. The van der Waals surface area contributed by atoms with E-state index in [1.807, 2.05) is 0 Å². The standard InChI is InChI=1S/C11H21NO3/c1-7(9-5-4-6-9)12-10(8(2)13)11(14)15-3/h7-10,12-13H,4-6H2,1-3H3/t7-,8+,10+/m0/s1. The summed E-state index contributed by atoms with van der Waals surface area (Å²) >= 11 is 0. The van der Waals surface area contributed by atoms with Gasteiger partial charge in [0.2, 0.25) is 0 Å². The molecule has 0 aliphatic heterocycles. The van der Waals surface area contributed by atoms with Gasteiger partial charge in [-0.05, 0) is 32.6 Å². The van der Waals surface area contributed by atoms with Crippen LogP contribution in [0.15, 0.2) is 0 Å². The summed E-state index contributed by atoms with van der Waals surface area (Å²) in [5, 5.41) is 12.6. The molecule has 4 heteroatoms. The van der Waals surface area contributed by atoms with Crippen LogP contribution in [0, 0.1) is 5.92 Å². The van der Waals surface area contributed by atoms with Crippen LogP contribution in [0.5, 0.6) is 0 Å². The van der Waals surface area contributed by atoms with Crippen LogP contribution in [0.3, 0.4) is 0 Å². The van der Waals surface area contributed by atoms with Crippen molar-refractivity contribution in [2.75, 3.05) is 7.11 Å². The molecule has 1 fully saturated rings. The second-order valence-corrected chi connectivity index (χ2v) is 4.39. The number of ether oxygens (including phenoxy) is 1. The first kappa shape index (κ1) is 12.5. The fraction of sp³-hybridized carbons (Fsp3) is 0.909. The van der Waals surface area contributed by atoms with E-state index >= 15 is 0 Å². The van der Waals surface area contributed by atoms with Crippen molar-refractivity contribution in [3.63, 3.8) is 0 Å². The van der Waals surface area contributed by atoms with Gasteiger partial charge in [-0.15, -0.1) is 0 Å². The topological polar surface area (TPSA) is 58.6 Å². The van der Waals surface area contributed by atoms with Gasteiger partial charge in [-0.3, -0.25) is 10.1 Å². The van der Waals surface area contributed by atoms with Gasteiger partial charge in [0.05, 0.1) is 13.2 Å². The van der Waals surface area contributed by atoms with Crippen molar-refractivity contribution in [3.05, 3.63) is 0 Å². The Kier molecular flexibility index (Phi) is 4.54. The SMILES string of the molecule is COC(=O)[C@H](N[C@@H](C)C1CCC1)[C@@H](C)O. The van der Waals surface area contributed by atoms with Crippen molar-refractivity contribution in [3.8, 4) is 0 Å². The Bertz CT molecular complexity index is 214. The zero-order chi connectivity index (χ0) is 11.4. The van der Waals surface area contributed by atoms with Crippen molar-refractivity contribution >= 4 is 5.97 Å². The summed E-state index contributed by atoms with van der Waals surface area (Å²) in [6.45, 7) is 3.66. The molecule has 1 saturated carbocycles. The normalized spacial score (nSPS) is 22.7. The van der Waals surface area contributed by atoms with E-state index in [0.717, 1.165) is 0 Å². The van der Waals surface area contributed by atoms with E-state index in [9.17, 15) is 9.90 Å². The smallest absolute Gasteiger partial charge is 0.325 e. The molecule has 0 aromatic heterocycles. The van der Waals surface area contributed by atoms with E-state index in [2.05, 4.69) is 17.0 Å². The first-order valence-electron chi connectivity index (χ1n) is 5.58. The maximum Gasteiger partial charge on any atom is 0.325 e. The number of nitrogens with one attached hydrogen (secondary N) is 1. The van der Waals surface area contributed by atoms with E-state index in [1.54, 1.807) is 6.92 Å². The highest BCUT2D eigenvalue weighted by molar-refractivity contribution is 5.76. The van der Waals surface area contributed by atoms with Crippen molar-refractivity contribution in [2.24, 2.45) is 5.92 Å². The average molecular weight is 215 g/mol. The lowest BCUT2D eigenvalue weighted by Crippen LogP contribution is -2.52. The predicted molar refractivity (Wildman–Crippen MR) is 57.4 cm³/mol. The highest BCUT2D eigenvalue weighted by Gasteiger charge is 2.30. The zero-order valence-electron chi connectivity index (χ0n) is 9.69. The third kappa shape index (κ3) is 3.18. The Morgan fingerprint density at radius 1 is 1.47 bits per heavy atom. The lowest BCUT2D eigenvalue weighted by molar-refractivity contribution is -0.146. The molecule has 0 aromatic rings. The highest BCUT2D eigenvalue weighted by Crippen LogP contribution is 2.29. The van der Waals surface area contributed by atoms with Crippen LogP contribution in [0.1, 0.15) is 33.1 Å². The van der Waals surface area contributed by atoms with Gasteiger partial charge in [0.25, 0.3) is 0 Å². The number of carbonyl (C=O) groups is 1. The first-order chi connectivity index (χ1) is 7.06. The van der Waals surface area contributed by atoms with Crippen molar-refractivity contribution in [1.82, 2.24) is 5.32 Å². The molecule has 1 aliphatic carbocycles. The molecule has 4 nitrogen and oxygen atoms in total. The minimum Gasteiger partial charge on any atom is -0.468 e. The molecule has 1 aliphatic rings. The van der Waals surface area contributed by atoms with Crippen LogP contribution < -0.4 is 5.32 Å². The Labute approximate surface area is 91.0 Å². The molecule has 88 valence electrons. The van der Waals surface area contributed by atoms with E-state index in [1.165, 1.54) is 26.4 Å². The van der Waals surface area contributed by atoms with Gasteiger partial charge in [0.15, 0.2) is 0 Å². The third-order valence-corrected chi connectivity index (χ3v) is 3.24. The van der Waals surface area contributed by atoms with Crippen LogP contribution in [-0.4, -0.2) is 36.4 Å². The monoisotopic (exact) mass is 215 g/mol. The van der Waals surface area contributed by atoms with Crippen LogP contribution in [0.2, 0.25) is 0 Å². The number of esters is 1. The number of methoxy groups -OCH3 is 1. The Hall–Kier alpha value is -0.610. The van der Waals surface area contributed by atoms with Gasteiger partial charge >= 0.3 is 5.97 Å². The molecule has 0 radical (unpaired) electrons. The van der Waals surface area contributed by atoms with E-state index < -0.39 is 18.1 Å². The Balaban J connectivity index is 2.45. The quantitative estimate of drug-likeness (QED) is 0.662. The van der Waals surface area contributed by atoms with E-state index in [0.29, 0.717) is 5.92 Å². The fourth-order valence-electron chi connectivity index (χ4n) is 1.89. The average Bonchev–Trinajstić information content (AvgIpc) is 2.09. The van der Waals surface area contributed by atoms with Crippen LogP contribution in [0.4, 0.5) is 0 Å². The summed E-state index contributed by atoms with van der Waals surface area (Å²) in [5.41, 5.74) is 0. The van der Waals surface area contributed by atoms with Crippen molar-refractivity contribution < 1.29 is 14.6 Å². The summed E-state index contributed by atoms with van der Waals surface area (Å²) in [5.74, 6) is 0.243. The number of rotatable bonds is 5. The second kappa shape index (κ2) is 5.47. The lowest BCUT2D eigenvalue weighted by Gasteiger charge is -2.34. The minimum absolute atomic E-state index is 0.262. The van der Waals surface area contributed by atoms with E-state index in [-0.39, 0.29) is 6.04 Å². The molecular weight excluding hydrogens is 194 g/mol. The number of carbonyl (C=O) groups excluding carboxylic acids is 1. The molecule has 0 saturated heterocycles. The molecule has 2 N–H and O–H groups in total. The summed E-state index contributed by atoms with van der Waals surface area (Å²) in [4.78, 5) is 11.4. The Morgan fingerprint density at radius 2 is 2.07 bits per heavy atom. The number of aliphatic hydroxyl groups excluding tert-OH is 1. The fourth-order valence-corrected chi connectivity index (χ4v) is 1.89.